The van der Waals surface area contributed by atoms with Crippen LogP contribution in [0.2, 0.25) is 0 Å². The Labute approximate surface area is 199 Å². The third-order valence-electron chi connectivity index (χ3n) is 6.61. The van der Waals surface area contributed by atoms with E-state index >= 15 is 0 Å². The van der Waals surface area contributed by atoms with Gasteiger partial charge in [-0.25, -0.2) is 4.79 Å². The first kappa shape index (κ1) is 22.6. The quantitative estimate of drug-likeness (QED) is 0.579. The molecular formula is C28H29NO5. The second kappa shape index (κ2) is 9.97. The van der Waals surface area contributed by atoms with Gasteiger partial charge < -0.3 is 24.2 Å². The SMILES string of the molecule is O=C(O)N1C[C@@H]2COC(Cc3ccccc3)(c3ccccc3)O[C@H]2[C@H](OCc2ccccc2)C1. The summed E-state index contributed by atoms with van der Waals surface area (Å²) in [5, 5.41) is 9.70. The Bertz CT molecular complexity index is 1080. The molecule has 0 saturated carbocycles. The van der Waals surface area contributed by atoms with Gasteiger partial charge in [-0.15, -0.1) is 0 Å². The largest absolute Gasteiger partial charge is 0.465 e. The van der Waals surface area contributed by atoms with Crippen LogP contribution in [0.15, 0.2) is 91.0 Å². The summed E-state index contributed by atoms with van der Waals surface area (Å²) in [5.41, 5.74) is 3.09. The van der Waals surface area contributed by atoms with Crippen molar-refractivity contribution in [2.24, 2.45) is 5.92 Å². The first-order chi connectivity index (χ1) is 16.6. The monoisotopic (exact) mass is 459 g/mol. The molecule has 0 bridgehead atoms. The third-order valence-corrected chi connectivity index (χ3v) is 6.61. The molecule has 6 nitrogen and oxygen atoms in total. The predicted octanol–water partition coefficient (Wildman–Crippen LogP) is 4.69. The van der Waals surface area contributed by atoms with Gasteiger partial charge in [0, 0.05) is 24.4 Å². The summed E-state index contributed by atoms with van der Waals surface area (Å²) in [5.74, 6) is -1.08. The average molecular weight is 460 g/mol. The van der Waals surface area contributed by atoms with E-state index in [1.54, 1.807) is 0 Å². The first-order valence-corrected chi connectivity index (χ1v) is 11.7. The Morgan fingerprint density at radius 2 is 1.53 bits per heavy atom. The van der Waals surface area contributed by atoms with Crippen molar-refractivity contribution >= 4 is 6.09 Å². The summed E-state index contributed by atoms with van der Waals surface area (Å²) in [4.78, 5) is 13.2. The van der Waals surface area contributed by atoms with Gasteiger partial charge in [0.05, 0.1) is 25.9 Å². The minimum atomic E-state index is -0.969. The van der Waals surface area contributed by atoms with Crippen molar-refractivity contribution in [3.63, 3.8) is 0 Å². The first-order valence-electron chi connectivity index (χ1n) is 11.7. The Morgan fingerprint density at radius 1 is 0.912 bits per heavy atom. The van der Waals surface area contributed by atoms with Crippen molar-refractivity contribution in [1.82, 2.24) is 4.90 Å². The number of fused-ring (bicyclic) bond motifs is 1. The number of benzene rings is 3. The summed E-state index contributed by atoms with van der Waals surface area (Å²) < 4.78 is 19.6. The van der Waals surface area contributed by atoms with Gasteiger partial charge in [-0.2, -0.15) is 0 Å². The minimum Gasteiger partial charge on any atom is -0.465 e. The number of likely N-dealkylation sites (tertiary alicyclic amines) is 1. The molecule has 3 aromatic rings. The lowest BCUT2D eigenvalue weighted by Crippen LogP contribution is -2.62. The summed E-state index contributed by atoms with van der Waals surface area (Å²) >= 11 is 0. The number of hydrogen-bond acceptors (Lipinski definition) is 4. The fourth-order valence-corrected chi connectivity index (χ4v) is 4.89. The highest BCUT2D eigenvalue weighted by molar-refractivity contribution is 5.65. The highest BCUT2D eigenvalue weighted by Gasteiger charge is 2.50. The Hall–Kier alpha value is -3.19. The zero-order chi connectivity index (χ0) is 23.4. The number of carbonyl (C=O) groups is 1. The summed E-state index contributed by atoms with van der Waals surface area (Å²) in [6.07, 6.45) is -1.10. The van der Waals surface area contributed by atoms with Gasteiger partial charge in [0.25, 0.3) is 0 Å². The van der Waals surface area contributed by atoms with Crippen molar-refractivity contribution in [2.45, 2.75) is 31.0 Å². The van der Waals surface area contributed by atoms with Gasteiger partial charge in [0.15, 0.2) is 5.79 Å². The molecule has 1 N–H and O–H groups in total. The molecule has 0 aromatic heterocycles. The van der Waals surface area contributed by atoms with Crippen LogP contribution in [-0.4, -0.2) is 48.0 Å². The van der Waals surface area contributed by atoms with E-state index in [9.17, 15) is 9.90 Å². The van der Waals surface area contributed by atoms with Crippen molar-refractivity contribution in [3.05, 3.63) is 108 Å². The summed E-state index contributed by atoms with van der Waals surface area (Å²) in [7, 11) is 0. The zero-order valence-electron chi connectivity index (χ0n) is 19.0. The number of ether oxygens (including phenoxy) is 3. The molecule has 1 amide bonds. The second-order valence-electron chi connectivity index (χ2n) is 8.96. The van der Waals surface area contributed by atoms with E-state index in [4.69, 9.17) is 14.2 Å². The number of hydrogen-bond donors (Lipinski definition) is 1. The maximum absolute atomic E-state index is 11.8. The van der Waals surface area contributed by atoms with E-state index in [0.717, 1.165) is 16.7 Å². The minimum absolute atomic E-state index is 0.113. The maximum atomic E-state index is 11.8. The van der Waals surface area contributed by atoms with E-state index < -0.39 is 18.0 Å². The van der Waals surface area contributed by atoms with Crippen LogP contribution in [0.3, 0.4) is 0 Å². The van der Waals surface area contributed by atoms with Crippen molar-refractivity contribution in [2.75, 3.05) is 19.7 Å². The van der Waals surface area contributed by atoms with Gasteiger partial charge in [-0.3, -0.25) is 0 Å². The Morgan fingerprint density at radius 3 is 2.18 bits per heavy atom. The highest BCUT2D eigenvalue weighted by atomic mass is 16.7. The molecule has 176 valence electrons. The molecule has 0 aliphatic carbocycles. The lowest BCUT2D eigenvalue weighted by atomic mass is 9.88. The molecule has 2 aliphatic heterocycles. The van der Waals surface area contributed by atoms with Crippen LogP contribution >= 0.6 is 0 Å². The van der Waals surface area contributed by atoms with Gasteiger partial charge in [-0.1, -0.05) is 91.0 Å². The lowest BCUT2D eigenvalue weighted by Gasteiger charge is -2.51. The molecule has 2 heterocycles. The smallest absolute Gasteiger partial charge is 0.407 e. The second-order valence-corrected chi connectivity index (χ2v) is 8.96. The van der Waals surface area contributed by atoms with Gasteiger partial charge in [-0.05, 0) is 11.1 Å². The standard InChI is InChI=1S/C28H29NO5/c30-27(31)29-17-23-20-33-28(24-14-8-3-9-15-24,16-21-10-4-1-5-11-21)34-26(23)25(18-29)32-19-22-12-6-2-7-13-22/h1-15,23,25-26H,16-20H2,(H,30,31)/t23-,25-,26-,28?/m1/s1. The molecule has 5 rings (SSSR count). The molecule has 0 radical (unpaired) electrons. The highest BCUT2D eigenvalue weighted by Crippen LogP contribution is 2.41. The van der Waals surface area contributed by atoms with Crippen molar-refractivity contribution in [1.29, 1.82) is 0 Å². The van der Waals surface area contributed by atoms with Crippen molar-refractivity contribution < 1.29 is 24.1 Å². The van der Waals surface area contributed by atoms with Crippen LogP contribution in [-0.2, 0) is 33.0 Å². The van der Waals surface area contributed by atoms with Gasteiger partial charge in [0.1, 0.15) is 6.10 Å². The molecule has 0 spiro atoms. The van der Waals surface area contributed by atoms with Crippen molar-refractivity contribution in [3.8, 4) is 0 Å². The van der Waals surface area contributed by atoms with Crippen LogP contribution in [0.4, 0.5) is 4.79 Å². The van der Waals surface area contributed by atoms with Crippen LogP contribution in [0.5, 0.6) is 0 Å². The molecule has 2 saturated heterocycles. The van der Waals surface area contributed by atoms with E-state index in [0.29, 0.717) is 26.2 Å². The van der Waals surface area contributed by atoms with E-state index in [1.807, 2.05) is 78.9 Å². The molecular weight excluding hydrogens is 430 g/mol. The summed E-state index contributed by atoms with van der Waals surface area (Å²) in [6, 6.07) is 30.1. The fraction of sp³-hybridized carbons (Fsp3) is 0.321. The Kier molecular flexibility index (Phi) is 6.63. The van der Waals surface area contributed by atoms with Crippen LogP contribution in [0.1, 0.15) is 16.7 Å². The van der Waals surface area contributed by atoms with Gasteiger partial charge in [0.2, 0.25) is 0 Å². The molecule has 3 aromatic carbocycles. The fourth-order valence-electron chi connectivity index (χ4n) is 4.89. The van der Waals surface area contributed by atoms with Gasteiger partial charge >= 0.3 is 6.09 Å². The normalized spacial score (nSPS) is 26.6. The van der Waals surface area contributed by atoms with Crippen LogP contribution in [0, 0.1) is 5.92 Å². The van der Waals surface area contributed by atoms with Crippen LogP contribution in [0.25, 0.3) is 0 Å². The molecule has 34 heavy (non-hydrogen) atoms. The molecule has 2 aliphatic rings. The average Bonchev–Trinajstić information content (AvgIpc) is 2.89. The number of carboxylic acid groups (broad SMARTS) is 1. The molecule has 1 unspecified atom stereocenters. The van der Waals surface area contributed by atoms with E-state index in [1.165, 1.54) is 4.90 Å². The van der Waals surface area contributed by atoms with Crippen LogP contribution < -0.4 is 0 Å². The topological polar surface area (TPSA) is 68.2 Å². The summed E-state index contributed by atoms with van der Waals surface area (Å²) in [6.45, 7) is 1.41. The molecule has 6 heteroatoms. The zero-order valence-corrected chi connectivity index (χ0v) is 19.0. The maximum Gasteiger partial charge on any atom is 0.407 e. The molecule has 2 fully saturated rings. The molecule has 4 atom stereocenters. The van der Waals surface area contributed by atoms with E-state index in [2.05, 4.69) is 12.1 Å². The third kappa shape index (κ3) is 4.85. The Balaban J connectivity index is 1.44. The number of piperidine rings is 1. The lowest BCUT2D eigenvalue weighted by molar-refractivity contribution is -0.344. The number of rotatable bonds is 6. The number of nitrogens with zero attached hydrogens (tertiary/aromatic N) is 1. The number of amides is 1. The van der Waals surface area contributed by atoms with E-state index in [-0.39, 0.29) is 18.6 Å². The predicted molar refractivity (Wildman–Crippen MR) is 127 cm³/mol.